The van der Waals surface area contributed by atoms with Crippen molar-refractivity contribution in [3.05, 3.63) is 91.0 Å². The summed E-state index contributed by atoms with van der Waals surface area (Å²) in [6, 6.07) is 12.9. The number of nitrogens with zero attached hydrogens (tertiary/aromatic N) is 4. The molecule has 0 aliphatic carbocycles. The number of hydrogen-bond donors (Lipinski definition) is 1. The van der Waals surface area contributed by atoms with Gasteiger partial charge in [0, 0.05) is 44.3 Å². The third kappa shape index (κ3) is 6.85. The summed E-state index contributed by atoms with van der Waals surface area (Å²) < 4.78 is 30.6. The van der Waals surface area contributed by atoms with Crippen molar-refractivity contribution in [2.45, 2.75) is 43.9 Å². The Balaban J connectivity index is 1.76. The van der Waals surface area contributed by atoms with Gasteiger partial charge in [-0.15, -0.1) is 6.58 Å². The molecule has 1 aromatic carbocycles. The van der Waals surface area contributed by atoms with Crippen LogP contribution in [0.5, 0.6) is 0 Å². The fourth-order valence-corrected chi connectivity index (χ4v) is 5.49. The van der Waals surface area contributed by atoms with Crippen LogP contribution in [0.1, 0.15) is 48.5 Å². The molecule has 0 saturated carbocycles. The summed E-state index contributed by atoms with van der Waals surface area (Å²) in [6.45, 7) is 4.33. The van der Waals surface area contributed by atoms with Crippen LogP contribution < -0.4 is 0 Å². The highest BCUT2D eigenvalue weighted by atomic mass is 32.2. The first-order chi connectivity index (χ1) is 16.4. The fraction of sp³-hybridized carbons (Fsp3) is 0.320. The molecule has 0 radical (unpaired) electrons. The van der Waals surface area contributed by atoms with Crippen molar-refractivity contribution in [1.82, 2.24) is 19.1 Å². The van der Waals surface area contributed by atoms with Crippen LogP contribution >= 0.6 is 0 Å². The van der Waals surface area contributed by atoms with E-state index < -0.39 is 21.2 Å². The lowest BCUT2D eigenvalue weighted by Crippen LogP contribution is -2.35. The standard InChI is InChI=1S/C25H30N4O4S/c1-2-24(22-9-7-15-26-19-22)34(32,33)28(17-6-4-3-5-10-25(30)31)20-21-11-13-23(14-12-21)29-18-8-16-27-29/h2,7-9,11-16,18-19,24H,1,3-6,10,17,20H2,(H,30,31). The largest absolute Gasteiger partial charge is 0.481 e. The number of aliphatic carboxylic acids is 1. The van der Waals surface area contributed by atoms with Gasteiger partial charge in [0.1, 0.15) is 5.25 Å². The second kappa shape index (κ2) is 12.2. The molecule has 1 atom stereocenters. The second-order valence-electron chi connectivity index (χ2n) is 8.00. The molecule has 1 unspecified atom stereocenters. The molecule has 0 spiro atoms. The highest BCUT2D eigenvalue weighted by Crippen LogP contribution is 2.28. The minimum atomic E-state index is -3.76. The minimum Gasteiger partial charge on any atom is -0.481 e. The lowest BCUT2D eigenvalue weighted by atomic mass is 10.1. The van der Waals surface area contributed by atoms with Crippen molar-refractivity contribution in [2.24, 2.45) is 0 Å². The molecule has 8 nitrogen and oxygen atoms in total. The van der Waals surface area contributed by atoms with Gasteiger partial charge < -0.3 is 5.11 Å². The van der Waals surface area contributed by atoms with Gasteiger partial charge in [0.2, 0.25) is 10.0 Å². The third-order valence-corrected chi connectivity index (χ3v) is 7.66. The molecule has 0 saturated heterocycles. The van der Waals surface area contributed by atoms with Gasteiger partial charge >= 0.3 is 5.97 Å². The topological polar surface area (TPSA) is 105 Å². The van der Waals surface area contributed by atoms with Crippen molar-refractivity contribution in [1.29, 1.82) is 0 Å². The molecular weight excluding hydrogens is 452 g/mol. The molecule has 3 aromatic rings. The normalized spacial score (nSPS) is 12.5. The smallest absolute Gasteiger partial charge is 0.303 e. The maximum atomic E-state index is 13.7. The maximum absolute atomic E-state index is 13.7. The van der Waals surface area contributed by atoms with E-state index in [-0.39, 0.29) is 13.0 Å². The van der Waals surface area contributed by atoms with E-state index in [1.165, 1.54) is 10.4 Å². The Hall–Kier alpha value is -3.30. The molecule has 9 heteroatoms. The minimum absolute atomic E-state index is 0.129. The zero-order valence-corrected chi connectivity index (χ0v) is 19.8. The van der Waals surface area contributed by atoms with Gasteiger partial charge in [-0.3, -0.25) is 9.78 Å². The van der Waals surface area contributed by atoms with Crippen LogP contribution in [0.4, 0.5) is 0 Å². The number of carboxylic acids is 1. The number of aromatic nitrogens is 3. The summed E-state index contributed by atoms with van der Waals surface area (Å²) >= 11 is 0. The molecule has 2 heterocycles. The maximum Gasteiger partial charge on any atom is 0.303 e. The Bertz CT molecular complexity index is 1150. The molecule has 0 aliphatic rings. The van der Waals surface area contributed by atoms with E-state index >= 15 is 0 Å². The van der Waals surface area contributed by atoms with E-state index in [4.69, 9.17) is 5.11 Å². The zero-order valence-electron chi connectivity index (χ0n) is 19.0. The van der Waals surface area contributed by atoms with E-state index in [0.29, 0.717) is 24.9 Å². The molecule has 180 valence electrons. The monoisotopic (exact) mass is 482 g/mol. The number of unbranched alkanes of at least 4 members (excludes halogenated alkanes) is 3. The average molecular weight is 483 g/mol. The average Bonchev–Trinajstić information content (AvgIpc) is 3.37. The molecule has 3 rings (SSSR count). The lowest BCUT2D eigenvalue weighted by molar-refractivity contribution is -0.137. The second-order valence-corrected chi connectivity index (χ2v) is 10.1. The Morgan fingerprint density at radius 1 is 1.09 bits per heavy atom. The van der Waals surface area contributed by atoms with Crippen molar-refractivity contribution >= 4 is 16.0 Å². The van der Waals surface area contributed by atoms with Crippen LogP contribution in [0.2, 0.25) is 0 Å². The summed E-state index contributed by atoms with van der Waals surface area (Å²) in [4.78, 5) is 14.8. The van der Waals surface area contributed by atoms with E-state index in [0.717, 1.165) is 24.1 Å². The van der Waals surface area contributed by atoms with Crippen LogP contribution in [-0.2, 0) is 21.4 Å². The Labute approximate surface area is 200 Å². The molecule has 0 amide bonds. The SMILES string of the molecule is C=CC(c1cccnc1)S(=O)(=O)N(CCCCCCC(=O)O)Cc1ccc(-n2cccn2)cc1. The summed E-state index contributed by atoms with van der Waals surface area (Å²) in [5.74, 6) is -0.812. The van der Waals surface area contributed by atoms with Crippen molar-refractivity contribution in [3.8, 4) is 5.69 Å². The molecule has 34 heavy (non-hydrogen) atoms. The van der Waals surface area contributed by atoms with E-state index in [1.54, 1.807) is 35.4 Å². The zero-order chi connectivity index (χ0) is 24.4. The first kappa shape index (κ1) is 25.3. The van der Waals surface area contributed by atoms with Crippen LogP contribution in [0.15, 0.2) is 79.9 Å². The van der Waals surface area contributed by atoms with Gasteiger partial charge in [-0.2, -0.15) is 9.40 Å². The molecule has 2 aromatic heterocycles. The predicted molar refractivity (Wildman–Crippen MR) is 131 cm³/mol. The Kier molecular flexibility index (Phi) is 9.12. The molecule has 1 N–H and O–H groups in total. The Morgan fingerprint density at radius 3 is 2.47 bits per heavy atom. The predicted octanol–water partition coefficient (Wildman–Crippen LogP) is 4.36. The first-order valence-corrected chi connectivity index (χ1v) is 12.7. The summed E-state index contributed by atoms with van der Waals surface area (Å²) in [5, 5.41) is 12.1. The van der Waals surface area contributed by atoms with E-state index in [9.17, 15) is 13.2 Å². The number of carboxylic acid groups (broad SMARTS) is 1. The van der Waals surface area contributed by atoms with Crippen LogP contribution in [0, 0.1) is 0 Å². The van der Waals surface area contributed by atoms with Gasteiger partial charge in [0.25, 0.3) is 0 Å². The molecular formula is C25H30N4O4S. The van der Waals surface area contributed by atoms with Crippen LogP contribution in [0.3, 0.4) is 0 Å². The van der Waals surface area contributed by atoms with Crippen molar-refractivity contribution in [3.63, 3.8) is 0 Å². The van der Waals surface area contributed by atoms with E-state index in [1.807, 2.05) is 36.5 Å². The molecule has 0 bridgehead atoms. The van der Waals surface area contributed by atoms with Gasteiger partial charge in [-0.05, 0) is 48.2 Å². The number of sulfonamides is 1. The summed E-state index contributed by atoms with van der Waals surface area (Å²) in [5.41, 5.74) is 2.32. The quantitative estimate of drug-likeness (QED) is 0.270. The summed E-state index contributed by atoms with van der Waals surface area (Å²) in [6.07, 6.45) is 11.0. The number of hydrogen-bond acceptors (Lipinski definition) is 5. The summed E-state index contributed by atoms with van der Waals surface area (Å²) in [7, 11) is -3.76. The van der Waals surface area contributed by atoms with Gasteiger partial charge in [0.05, 0.1) is 5.69 Å². The molecule has 0 aliphatic heterocycles. The third-order valence-electron chi connectivity index (χ3n) is 5.52. The number of benzene rings is 1. The fourth-order valence-electron chi connectivity index (χ4n) is 3.73. The van der Waals surface area contributed by atoms with Crippen molar-refractivity contribution in [2.75, 3.05) is 6.54 Å². The van der Waals surface area contributed by atoms with E-state index in [2.05, 4.69) is 16.7 Å². The number of carbonyl (C=O) groups is 1. The molecule has 0 fully saturated rings. The highest BCUT2D eigenvalue weighted by molar-refractivity contribution is 7.89. The number of rotatable bonds is 14. The van der Waals surface area contributed by atoms with Crippen molar-refractivity contribution < 1.29 is 18.3 Å². The lowest BCUT2D eigenvalue weighted by Gasteiger charge is -2.26. The van der Waals surface area contributed by atoms with Gasteiger partial charge in [0.15, 0.2) is 0 Å². The number of pyridine rings is 1. The van der Waals surface area contributed by atoms with Gasteiger partial charge in [-0.1, -0.05) is 37.1 Å². The van der Waals surface area contributed by atoms with Gasteiger partial charge in [-0.25, -0.2) is 13.1 Å². The first-order valence-electron chi connectivity index (χ1n) is 11.2. The van der Waals surface area contributed by atoms with Crippen LogP contribution in [0.25, 0.3) is 5.69 Å². The Morgan fingerprint density at radius 2 is 1.85 bits per heavy atom. The van der Waals surface area contributed by atoms with Crippen LogP contribution in [-0.4, -0.2) is 45.1 Å². The highest BCUT2D eigenvalue weighted by Gasteiger charge is 2.31.